The van der Waals surface area contributed by atoms with Crippen molar-refractivity contribution in [1.82, 2.24) is 0 Å². The number of rotatable bonds is 0. The van der Waals surface area contributed by atoms with E-state index in [1.54, 1.807) is 0 Å². The molecule has 1 aromatic carbocycles. The van der Waals surface area contributed by atoms with E-state index in [0.717, 1.165) is 0 Å². The largest absolute Gasteiger partial charge is 0.0622 e. The lowest BCUT2D eigenvalue weighted by Crippen LogP contribution is -1.49. The van der Waals surface area contributed by atoms with Gasteiger partial charge in [0.05, 0.1) is 0 Å². The van der Waals surface area contributed by atoms with Gasteiger partial charge in [-0.25, -0.2) is 0 Å². The first-order valence-corrected chi connectivity index (χ1v) is 3.89. The molecule has 0 saturated heterocycles. The van der Waals surface area contributed by atoms with Crippen LogP contribution in [0.2, 0.25) is 0 Å². The quantitative estimate of drug-likeness (QED) is 0.464. The summed E-state index contributed by atoms with van der Waals surface area (Å²) < 4.78 is 0. The maximum absolute atomic E-state index is 2.97. The molecule has 0 unspecified atom stereocenters. The first-order valence-electron chi connectivity index (χ1n) is 3.89. The lowest BCUT2D eigenvalue weighted by atomic mass is 10.4. The highest BCUT2D eigenvalue weighted by molar-refractivity contribution is 5.80. The van der Waals surface area contributed by atoms with Crippen LogP contribution >= 0.6 is 0 Å². The maximum atomic E-state index is 2.97. The van der Waals surface area contributed by atoms with E-state index in [1.807, 2.05) is 42.5 Å². The highest BCUT2D eigenvalue weighted by Crippen LogP contribution is 2.32. The average molecular weight is 152 g/mol. The molecule has 12 heavy (non-hydrogen) atoms. The first kappa shape index (κ1) is 7.11. The highest BCUT2D eigenvalue weighted by atomic mass is 14.1. The van der Waals surface area contributed by atoms with Gasteiger partial charge in [0, 0.05) is 0 Å². The van der Waals surface area contributed by atoms with E-state index in [9.17, 15) is 0 Å². The fourth-order valence-electron chi connectivity index (χ4n) is 0.945. The molecule has 0 N–H and O–H groups in total. The van der Waals surface area contributed by atoms with Gasteiger partial charge in [0.25, 0.3) is 0 Å². The van der Waals surface area contributed by atoms with Crippen molar-refractivity contribution in [3.63, 3.8) is 0 Å². The van der Waals surface area contributed by atoms with Crippen LogP contribution in [0.3, 0.4) is 0 Å². The third-order valence-corrected chi connectivity index (χ3v) is 1.65. The number of fused-ring (bicyclic) bond motifs is 1. The Balaban J connectivity index is 0.0000000939. The summed E-state index contributed by atoms with van der Waals surface area (Å²) in [5, 5.41) is 0. The SMILES string of the molecule is [c]1cc2cc-2c1.[c]1ccccc1. The molecule has 1 aromatic rings. The molecule has 0 aliphatic heterocycles. The van der Waals surface area contributed by atoms with Crippen molar-refractivity contribution < 1.29 is 0 Å². The van der Waals surface area contributed by atoms with Gasteiger partial charge in [-0.2, -0.15) is 0 Å². The van der Waals surface area contributed by atoms with E-state index in [0.29, 0.717) is 0 Å². The standard InChI is InChI=1S/C6H3.C6H5/c1-2-5-4-6(5)3-1;1-2-4-6-5-3-1/h2-4H;1-5H. The van der Waals surface area contributed by atoms with Crippen molar-refractivity contribution in [3.8, 4) is 11.1 Å². The van der Waals surface area contributed by atoms with Gasteiger partial charge in [-0.3, -0.25) is 0 Å². The molecule has 2 aliphatic rings. The summed E-state index contributed by atoms with van der Waals surface area (Å²) in [4.78, 5) is 0. The van der Waals surface area contributed by atoms with Gasteiger partial charge in [-0.15, -0.1) is 0 Å². The number of hydrogen-bond acceptors (Lipinski definition) is 0. The lowest BCUT2D eigenvalue weighted by Gasteiger charge is -1.68. The van der Waals surface area contributed by atoms with Crippen LogP contribution in [0.1, 0.15) is 0 Å². The molecule has 2 aliphatic carbocycles. The Hall–Kier alpha value is -1.56. The van der Waals surface area contributed by atoms with Crippen molar-refractivity contribution >= 4 is 0 Å². The third-order valence-electron chi connectivity index (χ3n) is 1.65. The topological polar surface area (TPSA) is 0 Å². The van der Waals surface area contributed by atoms with Gasteiger partial charge in [0.15, 0.2) is 0 Å². The van der Waals surface area contributed by atoms with Crippen LogP contribution in [-0.4, -0.2) is 0 Å². The fourth-order valence-corrected chi connectivity index (χ4v) is 0.945. The number of hydrogen-bond donors (Lipinski definition) is 0. The monoisotopic (exact) mass is 152 g/mol. The predicted molar refractivity (Wildman–Crippen MR) is 49.6 cm³/mol. The summed E-state index contributed by atoms with van der Waals surface area (Å²) in [6.45, 7) is 0. The summed E-state index contributed by atoms with van der Waals surface area (Å²) in [5.74, 6) is 0. The van der Waals surface area contributed by atoms with E-state index < -0.39 is 0 Å². The normalized spacial score (nSPS) is 9.67. The van der Waals surface area contributed by atoms with Crippen LogP contribution < -0.4 is 0 Å². The van der Waals surface area contributed by atoms with Crippen LogP contribution in [0.15, 0.2) is 48.5 Å². The van der Waals surface area contributed by atoms with Crippen LogP contribution in [0.25, 0.3) is 11.1 Å². The zero-order chi connectivity index (χ0) is 8.23. The summed E-state index contributed by atoms with van der Waals surface area (Å²) in [6.07, 6.45) is 0. The molecule has 0 amide bonds. The second-order valence-corrected chi connectivity index (χ2v) is 2.59. The summed E-state index contributed by atoms with van der Waals surface area (Å²) in [7, 11) is 0. The van der Waals surface area contributed by atoms with E-state index >= 15 is 0 Å². The van der Waals surface area contributed by atoms with Crippen LogP contribution in [0.4, 0.5) is 0 Å². The van der Waals surface area contributed by atoms with E-state index in [2.05, 4.69) is 18.2 Å². The molecule has 0 spiro atoms. The molecule has 0 nitrogen and oxygen atoms in total. The zero-order valence-corrected chi connectivity index (χ0v) is 6.62. The van der Waals surface area contributed by atoms with Gasteiger partial charge in [-0.1, -0.05) is 30.3 Å². The Bertz CT molecular complexity index is 305. The minimum absolute atomic E-state index is 1.37. The molecule has 0 bridgehead atoms. The zero-order valence-electron chi connectivity index (χ0n) is 6.62. The molecule has 0 heterocycles. The van der Waals surface area contributed by atoms with Crippen molar-refractivity contribution in [3.05, 3.63) is 60.7 Å². The lowest BCUT2D eigenvalue weighted by molar-refractivity contribution is 1.70. The molecule has 0 heteroatoms. The fraction of sp³-hybridized carbons (Fsp3) is 0. The van der Waals surface area contributed by atoms with Gasteiger partial charge in [0.1, 0.15) is 0 Å². The van der Waals surface area contributed by atoms with Crippen molar-refractivity contribution in [2.24, 2.45) is 0 Å². The Morgan fingerprint density at radius 1 is 0.750 bits per heavy atom. The second-order valence-electron chi connectivity index (χ2n) is 2.59. The summed E-state index contributed by atoms with van der Waals surface area (Å²) in [6, 6.07) is 21.6. The summed E-state index contributed by atoms with van der Waals surface area (Å²) >= 11 is 0. The van der Waals surface area contributed by atoms with E-state index in [4.69, 9.17) is 0 Å². The Kier molecular flexibility index (Phi) is 1.91. The molecule has 3 rings (SSSR count). The summed E-state index contributed by atoms with van der Waals surface area (Å²) in [5.41, 5.74) is 2.74. The number of benzene rings is 2. The molecule has 0 saturated carbocycles. The molecule has 56 valence electrons. The highest BCUT2D eigenvalue weighted by Gasteiger charge is 2.07. The van der Waals surface area contributed by atoms with Crippen LogP contribution in [0, 0.1) is 12.1 Å². The van der Waals surface area contributed by atoms with Gasteiger partial charge < -0.3 is 0 Å². The first-order chi connectivity index (χ1) is 5.97. The van der Waals surface area contributed by atoms with Gasteiger partial charge in [0.2, 0.25) is 0 Å². The van der Waals surface area contributed by atoms with Crippen molar-refractivity contribution in [2.75, 3.05) is 0 Å². The molecular weight excluding hydrogens is 144 g/mol. The van der Waals surface area contributed by atoms with Crippen molar-refractivity contribution in [1.29, 1.82) is 0 Å². The van der Waals surface area contributed by atoms with Gasteiger partial charge in [-0.05, 0) is 41.5 Å². The Morgan fingerprint density at radius 2 is 1.42 bits per heavy atom. The van der Waals surface area contributed by atoms with E-state index in [-0.39, 0.29) is 0 Å². The van der Waals surface area contributed by atoms with E-state index in [1.165, 1.54) is 11.1 Å². The second kappa shape index (κ2) is 3.22. The molecule has 0 aromatic heterocycles. The molecule has 2 radical (unpaired) electrons. The van der Waals surface area contributed by atoms with Crippen LogP contribution in [0.5, 0.6) is 0 Å². The third kappa shape index (κ3) is 1.73. The minimum Gasteiger partial charge on any atom is -0.0622 e. The predicted octanol–water partition coefficient (Wildman–Crippen LogP) is 2.95. The molecule has 0 atom stereocenters. The van der Waals surface area contributed by atoms with Crippen LogP contribution in [-0.2, 0) is 0 Å². The maximum Gasteiger partial charge on any atom is -0.0171 e. The van der Waals surface area contributed by atoms with Crippen molar-refractivity contribution in [2.45, 2.75) is 0 Å². The Morgan fingerprint density at radius 3 is 1.58 bits per heavy atom. The molecule has 0 fully saturated rings. The molecular formula is C12H8. The van der Waals surface area contributed by atoms with Gasteiger partial charge >= 0.3 is 0 Å². The Labute approximate surface area is 72.5 Å². The minimum atomic E-state index is 1.37. The smallest absolute Gasteiger partial charge is 0.0171 e. The average Bonchev–Trinajstić information content (AvgIpc) is 2.78.